The van der Waals surface area contributed by atoms with E-state index in [1.54, 1.807) is 13.8 Å². The van der Waals surface area contributed by atoms with Crippen molar-refractivity contribution in [2.45, 2.75) is 45.6 Å². The number of ketones is 3. The summed E-state index contributed by atoms with van der Waals surface area (Å²) in [6.45, 7) is 3.42. The van der Waals surface area contributed by atoms with Crippen LogP contribution in [-0.4, -0.2) is 29.4 Å². The smallest absolute Gasteiger partial charge is 0.310 e. The number of carbonyl (C=O) groups excluding carboxylic acids is 4. The first-order valence-electron chi connectivity index (χ1n) is 6.69. The van der Waals surface area contributed by atoms with Crippen molar-refractivity contribution in [1.29, 1.82) is 0 Å². The van der Waals surface area contributed by atoms with Crippen molar-refractivity contribution in [3.8, 4) is 0 Å². The lowest BCUT2D eigenvalue weighted by molar-refractivity contribution is -0.159. The molecule has 0 aliphatic heterocycles. The van der Waals surface area contributed by atoms with Gasteiger partial charge in [-0.15, -0.1) is 0 Å². The third kappa shape index (κ3) is 3.08. The zero-order valence-electron chi connectivity index (χ0n) is 11.2. The van der Waals surface area contributed by atoms with Gasteiger partial charge in [-0.25, -0.2) is 0 Å². The third-order valence-corrected chi connectivity index (χ3v) is 3.49. The second kappa shape index (κ2) is 5.23. The Hall–Kier alpha value is -1.52. The Morgan fingerprint density at radius 2 is 1.58 bits per heavy atom. The highest BCUT2D eigenvalue weighted by Crippen LogP contribution is 2.36. The second-order valence-corrected chi connectivity index (χ2v) is 5.63. The number of hydrogen-bond acceptors (Lipinski definition) is 5. The summed E-state index contributed by atoms with van der Waals surface area (Å²) in [5, 5.41) is 0. The van der Waals surface area contributed by atoms with Gasteiger partial charge in [-0.2, -0.15) is 0 Å². The van der Waals surface area contributed by atoms with Crippen molar-refractivity contribution in [3.05, 3.63) is 0 Å². The number of ether oxygens (including phenoxy) is 1. The molecule has 0 unspecified atom stereocenters. The molecule has 0 radical (unpaired) electrons. The van der Waals surface area contributed by atoms with E-state index in [-0.39, 0.29) is 30.6 Å². The number of Topliss-reactive ketones (excluding diaryl/α,β-unsaturated/α-hetero) is 3. The van der Waals surface area contributed by atoms with Gasteiger partial charge < -0.3 is 4.74 Å². The van der Waals surface area contributed by atoms with Crippen LogP contribution in [0.1, 0.15) is 39.5 Å². The lowest BCUT2D eigenvalue weighted by atomic mass is 9.77. The van der Waals surface area contributed by atoms with Crippen LogP contribution in [0, 0.1) is 17.8 Å². The molecule has 2 aliphatic carbocycles. The maximum Gasteiger partial charge on any atom is 0.310 e. The van der Waals surface area contributed by atoms with Gasteiger partial charge in [0.25, 0.3) is 0 Å². The van der Waals surface area contributed by atoms with Crippen molar-refractivity contribution >= 4 is 23.3 Å². The van der Waals surface area contributed by atoms with Crippen LogP contribution < -0.4 is 0 Å². The fourth-order valence-electron chi connectivity index (χ4n) is 2.39. The molecule has 5 heteroatoms. The quantitative estimate of drug-likeness (QED) is 0.562. The van der Waals surface area contributed by atoms with E-state index in [0.717, 1.165) is 12.8 Å². The Morgan fingerprint density at radius 1 is 1.05 bits per heavy atom. The maximum absolute atomic E-state index is 11.9. The Morgan fingerprint density at radius 3 is 2.00 bits per heavy atom. The number of rotatable bonds is 4. The summed E-state index contributed by atoms with van der Waals surface area (Å²) in [5.74, 6) is -3.55. The van der Waals surface area contributed by atoms with Gasteiger partial charge in [0.1, 0.15) is 5.92 Å². The maximum atomic E-state index is 11.9. The standard InChI is InChI=1S/C14H18O5/c1-7(2)19-14(18)9-5-10(15)12(11(16)6-9)13(17)8-3-4-8/h7-9,12H,3-6H2,1-2H3. The van der Waals surface area contributed by atoms with Crippen molar-refractivity contribution < 1.29 is 23.9 Å². The van der Waals surface area contributed by atoms with E-state index in [1.165, 1.54) is 0 Å². The molecule has 104 valence electrons. The van der Waals surface area contributed by atoms with Gasteiger partial charge in [0.05, 0.1) is 12.0 Å². The van der Waals surface area contributed by atoms with E-state index >= 15 is 0 Å². The first kappa shape index (κ1) is 13.9. The minimum Gasteiger partial charge on any atom is -0.463 e. The molecular weight excluding hydrogens is 248 g/mol. The highest BCUT2D eigenvalue weighted by Gasteiger charge is 2.46. The first-order chi connectivity index (χ1) is 8.90. The molecule has 0 aromatic heterocycles. The van der Waals surface area contributed by atoms with Crippen LogP contribution in [0.4, 0.5) is 0 Å². The van der Waals surface area contributed by atoms with Gasteiger partial charge in [0.2, 0.25) is 0 Å². The zero-order valence-corrected chi connectivity index (χ0v) is 11.2. The van der Waals surface area contributed by atoms with Crippen LogP contribution in [0.2, 0.25) is 0 Å². The molecule has 0 bridgehead atoms. The highest BCUT2D eigenvalue weighted by molar-refractivity contribution is 6.22. The average molecular weight is 266 g/mol. The van der Waals surface area contributed by atoms with E-state index in [2.05, 4.69) is 0 Å². The number of carbonyl (C=O) groups is 4. The van der Waals surface area contributed by atoms with Crippen molar-refractivity contribution in [2.75, 3.05) is 0 Å². The molecule has 2 rings (SSSR count). The minimum atomic E-state index is -1.12. The molecule has 5 nitrogen and oxygen atoms in total. The molecule has 19 heavy (non-hydrogen) atoms. The van der Waals surface area contributed by atoms with E-state index in [4.69, 9.17) is 4.74 Å². The topological polar surface area (TPSA) is 77.5 Å². The summed E-state index contributed by atoms with van der Waals surface area (Å²) in [6, 6.07) is 0. The predicted octanol–water partition coefficient (Wildman–Crippen LogP) is 1.08. The molecule has 2 aliphatic rings. The lowest BCUT2D eigenvalue weighted by Crippen LogP contribution is -2.42. The van der Waals surface area contributed by atoms with Crippen LogP contribution in [0.5, 0.6) is 0 Å². The summed E-state index contributed by atoms with van der Waals surface area (Å²) in [6.07, 6.45) is 1.16. The highest BCUT2D eigenvalue weighted by atomic mass is 16.5. The zero-order chi connectivity index (χ0) is 14.2. The molecule has 0 saturated heterocycles. The van der Waals surface area contributed by atoms with Gasteiger partial charge >= 0.3 is 5.97 Å². The lowest BCUT2D eigenvalue weighted by Gasteiger charge is -2.25. The summed E-state index contributed by atoms with van der Waals surface area (Å²) < 4.78 is 5.01. The van der Waals surface area contributed by atoms with Crippen LogP contribution in [0.15, 0.2) is 0 Å². The van der Waals surface area contributed by atoms with E-state index in [0.29, 0.717) is 0 Å². The Labute approximate surface area is 111 Å². The Balaban J connectivity index is 2.01. The molecule has 0 heterocycles. The van der Waals surface area contributed by atoms with Gasteiger partial charge in [-0.05, 0) is 26.7 Å². The van der Waals surface area contributed by atoms with E-state index in [9.17, 15) is 19.2 Å². The van der Waals surface area contributed by atoms with Crippen LogP contribution >= 0.6 is 0 Å². The minimum absolute atomic E-state index is 0.0551. The van der Waals surface area contributed by atoms with Crippen molar-refractivity contribution in [1.82, 2.24) is 0 Å². The van der Waals surface area contributed by atoms with Crippen LogP contribution in [0.3, 0.4) is 0 Å². The second-order valence-electron chi connectivity index (χ2n) is 5.63. The van der Waals surface area contributed by atoms with Gasteiger partial charge in [0, 0.05) is 18.8 Å². The molecule has 2 saturated carbocycles. The molecule has 0 amide bonds. The normalized spacial score (nSPS) is 27.5. The SMILES string of the molecule is CC(C)OC(=O)C1CC(=O)C(C(=O)C2CC2)C(=O)C1. The molecule has 0 N–H and O–H groups in total. The monoisotopic (exact) mass is 266 g/mol. The molecule has 0 aromatic carbocycles. The fourth-order valence-corrected chi connectivity index (χ4v) is 2.39. The largest absolute Gasteiger partial charge is 0.463 e. The fraction of sp³-hybridized carbons (Fsp3) is 0.714. The van der Waals surface area contributed by atoms with Crippen molar-refractivity contribution in [2.24, 2.45) is 17.8 Å². The molecule has 0 atom stereocenters. The molecular formula is C14H18O5. The first-order valence-corrected chi connectivity index (χ1v) is 6.69. The summed E-state index contributed by atoms with van der Waals surface area (Å²) in [4.78, 5) is 47.4. The Kier molecular flexibility index (Phi) is 3.83. The van der Waals surface area contributed by atoms with Gasteiger partial charge in [-0.1, -0.05) is 0 Å². The average Bonchev–Trinajstić information content (AvgIpc) is 3.10. The number of esters is 1. The molecule has 2 fully saturated rings. The van der Waals surface area contributed by atoms with Crippen LogP contribution in [0.25, 0.3) is 0 Å². The predicted molar refractivity (Wildman–Crippen MR) is 65.2 cm³/mol. The molecule has 0 spiro atoms. The van der Waals surface area contributed by atoms with Crippen molar-refractivity contribution in [3.63, 3.8) is 0 Å². The Bertz CT molecular complexity index is 415. The van der Waals surface area contributed by atoms with Crippen LogP contribution in [-0.2, 0) is 23.9 Å². The molecule has 0 aromatic rings. The third-order valence-electron chi connectivity index (χ3n) is 3.49. The number of hydrogen-bond donors (Lipinski definition) is 0. The van der Waals surface area contributed by atoms with E-state index < -0.39 is 29.4 Å². The summed E-state index contributed by atoms with van der Waals surface area (Å²) in [5.41, 5.74) is 0. The van der Waals surface area contributed by atoms with Gasteiger partial charge in [0.15, 0.2) is 17.3 Å². The summed E-state index contributed by atoms with van der Waals surface area (Å²) >= 11 is 0. The van der Waals surface area contributed by atoms with Gasteiger partial charge in [-0.3, -0.25) is 19.2 Å². The van der Waals surface area contributed by atoms with E-state index in [1.807, 2.05) is 0 Å². The summed E-state index contributed by atoms with van der Waals surface area (Å²) in [7, 11) is 0.